The van der Waals surface area contributed by atoms with Crippen molar-refractivity contribution in [2.24, 2.45) is 5.92 Å². The molecule has 1 aliphatic heterocycles. The van der Waals surface area contributed by atoms with Gasteiger partial charge in [0.1, 0.15) is 0 Å². The van der Waals surface area contributed by atoms with Crippen LogP contribution in [0.5, 0.6) is 0 Å². The highest BCUT2D eigenvalue weighted by molar-refractivity contribution is 4.87. The van der Waals surface area contributed by atoms with Gasteiger partial charge in [-0.25, -0.2) is 0 Å². The lowest BCUT2D eigenvalue weighted by atomic mass is 10.0. The first-order valence-electron chi connectivity index (χ1n) is 6.24. The van der Waals surface area contributed by atoms with Crippen LogP contribution in [0.1, 0.15) is 39.0 Å². The molecule has 0 amide bonds. The average molecular weight is 213 g/mol. The fraction of sp³-hybridized carbons (Fsp3) is 1.00. The lowest BCUT2D eigenvalue weighted by molar-refractivity contribution is 0.0450. The summed E-state index contributed by atoms with van der Waals surface area (Å²) in [6.07, 6.45) is 5.85. The minimum Gasteiger partial charge on any atom is -0.389 e. The van der Waals surface area contributed by atoms with Crippen molar-refractivity contribution in [2.75, 3.05) is 19.7 Å². The van der Waals surface area contributed by atoms with E-state index in [0.717, 1.165) is 39.0 Å². The van der Waals surface area contributed by atoms with Crippen LogP contribution in [0.15, 0.2) is 0 Å². The molecule has 88 valence electrons. The Hall–Kier alpha value is -0.120. The Balaban J connectivity index is 1.65. The molecule has 1 aliphatic carbocycles. The molecule has 0 aromatic rings. The van der Waals surface area contributed by atoms with Gasteiger partial charge >= 0.3 is 0 Å². The Morgan fingerprint density at radius 2 is 2.13 bits per heavy atom. The molecule has 3 heteroatoms. The van der Waals surface area contributed by atoms with E-state index in [1.807, 2.05) is 0 Å². The molecule has 0 spiro atoms. The van der Waals surface area contributed by atoms with Gasteiger partial charge < -0.3 is 15.2 Å². The van der Waals surface area contributed by atoms with Gasteiger partial charge in [0.15, 0.2) is 0 Å². The molecular weight excluding hydrogens is 190 g/mol. The summed E-state index contributed by atoms with van der Waals surface area (Å²) < 4.78 is 5.51. The third-order valence-corrected chi connectivity index (χ3v) is 3.93. The number of aliphatic hydroxyl groups is 1. The molecule has 1 saturated heterocycles. The molecule has 1 heterocycles. The molecule has 1 saturated carbocycles. The summed E-state index contributed by atoms with van der Waals surface area (Å²) in [6.45, 7) is 4.79. The SMILES string of the molecule is CC1OCCC1CNCC1(O)CCCC1. The molecule has 2 fully saturated rings. The Morgan fingerprint density at radius 3 is 2.73 bits per heavy atom. The predicted molar refractivity (Wildman–Crippen MR) is 59.8 cm³/mol. The molecule has 0 bridgehead atoms. The van der Waals surface area contributed by atoms with Crippen LogP contribution < -0.4 is 5.32 Å². The first-order chi connectivity index (χ1) is 7.20. The van der Waals surface area contributed by atoms with Crippen LogP contribution in [0, 0.1) is 5.92 Å². The van der Waals surface area contributed by atoms with Crippen LogP contribution in [0.4, 0.5) is 0 Å². The number of ether oxygens (including phenoxy) is 1. The van der Waals surface area contributed by atoms with Crippen molar-refractivity contribution in [3.8, 4) is 0 Å². The zero-order valence-corrected chi connectivity index (χ0v) is 9.67. The Morgan fingerprint density at radius 1 is 1.40 bits per heavy atom. The highest BCUT2D eigenvalue weighted by Crippen LogP contribution is 2.28. The van der Waals surface area contributed by atoms with Crippen LogP contribution in [0.3, 0.4) is 0 Å². The predicted octanol–water partition coefficient (Wildman–Crippen LogP) is 1.31. The Bertz CT molecular complexity index is 202. The van der Waals surface area contributed by atoms with Gasteiger partial charge in [0.2, 0.25) is 0 Å². The minimum absolute atomic E-state index is 0.385. The fourth-order valence-corrected chi connectivity index (χ4v) is 2.74. The Labute approximate surface area is 92.2 Å². The van der Waals surface area contributed by atoms with E-state index in [0.29, 0.717) is 12.0 Å². The van der Waals surface area contributed by atoms with Gasteiger partial charge in [-0.1, -0.05) is 12.8 Å². The third-order valence-electron chi connectivity index (χ3n) is 3.93. The fourth-order valence-electron chi connectivity index (χ4n) is 2.74. The number of hydrogen-bond donors (Lipinski definition) is 2. The van der Waals surface area contributed by atoms with Gasteiger partial charge in [-0.2, -0.15) is 0 Å². The van der Waals surface area contributed by atoms with Gasteiger partial charge in [0, 0.05) is 19.7 Å². The van der Waals surface area contributed by atoms with Gasteiger partial charge in [-0.3, -0.25) is 0 Å². The van der Waals surface area contributed by atoms with Gasteiger partial charge in [-0.15, -0.1) is 0 Å². The van der Waals surface area contributed by atoms with E-state index in [-0.39, 0.29) is 0 Å². The summed E-state index contributed by atoms with van der Waals surface area (Å²) in [7, 11) is 0. The summed E-state index contributed by atoms with van der Waals surface area (Å²) in [6, 6.07) is 0. The van der Waals surface area contributed by atoms with Crippen LogP contribution in [-0.4, -0.2) is 36.5 Å². The summed E-state index contributed by atoms with van der Waals surface area (Å²) >= 11 is 0. The number of rotatable bonds is 4. The lowest BCUT2D eigenvalue weighted by Gasteiger charge is -2.24. The molecule has 0 aromatic carbocycles. The van der Waals surface area contributed by atoms with Crippen molar-refractivity contribution in [1.82, 2.24) is 5.32 Å². The first kappa shape index (κ1) is 11.4. The monoisotopic (exact) mass is 213 g/mol. The van der Waals surface area contributed by atoms with E-state index < -0.39 is 5.60 Å². The van der Waals surface area contributed by atoms with Crippen LogP contribution in [0.25, 0.3) is 0 Å². The van der Waals surface area contributed by atoms with E-state index in [2.05, 4.69) is 12.2 Å². The molecule has 2 unspecified atom stereocenters. The van der Waals surface area contributed by atoms with Crippen molar-refractivity contribution in [2.45, 2.75) is 50.7 Å². The second-order valence-corrected chi connectivity index (χ2v) is 5.19. The molecule has 15 heavy (non-hydrogen) atoms. The largest absolute Gasteiger partial charge is 0.389 e. The zero-order valence-electron chi connectivity index (χ0n) is 9.67. The molecule has 3 nitrogen and oxygen atoms in total. The van der Waals surface area contributed by atoms with E-state index in [1.165, 1.54) is 12.8 Å². The van der Waals surface area contributed by atoms with E-state index in [9.17, 15) is 5.11 Å². The maximum absolute atomic E-state index is 10.1. The van der Waals surface area contributed by atoms with E-state index in [4.69, 9.17) is 4.74 Å². The molecule has 0 aromatic heterocycles. The summed E-state index contributed by atoms with van der Waals surface area (Å²) in [4.78, 5) is 0. The second kappa shape index (κ2) is 4.81. The quantitative estimate of drug-likeness (QED) is 0.740. The smallest absolute Gasteiger partial charge is 0.0771 e. The second-order valence-electron chi connectivity index (χ2n) is 5.19. The third kappa shape index (κ3) is 2.92. The molecule has 2 aliphatic rings. The van der Waals surface area contributed by atoms with Crippen molar-refractivity contribution in [1.29, 1.82) is 0 Å². The van der Waals surface area contributed by atoms with Crippen molar-refractivity contribution >= 4 is 0 Å². The lowest BCUT2D eigenvalue weighted by Crippen LogP contribution is -2.40. The maximum atomic E-state index is 10.1. The molecular formula is C12H23NO2. The van der Waals surface area contributed by atoms with Crippen LogP contribution >= 0.6 is 0 Å². The normalized spacial score (nSPS) is 34.8. The standard InChI is InChI=1S/C12H23NO2/c1-10-11(4-7-15-10)8-13-9-12(14)5-2-3-6-12/h10-11,13-14H,2-9H2,1H3. The molecule has 2 rings (SSSR count). The molecule has 0 radical (unpaired) electrons. The zero-order chi connectivity index (χ0) is 10.7. The number of nitrogens with one attached hydrogen (secondary N) is 1. The Kier molecular flexibility index (Phi) is 3.65. The van der Waals surface area contributed by atoms with Gasteiger partial charge in [-0.05, 0) is 32.1 Å². The first-order valence-corrected chi connectivity index (χ1v) is 6.24. The van der Waals surface area contributed by atoms with Crippen molar-refractivity contribution in [3.05, 3.63) is 0 Å². The topological polar surface area (TPSA) is 41.5 Å². The van der Waals surface area contributed by atoms with E-state index >= 15 is 0 Å². The van der Waals surface area contributed by atoms with Crippen molar-refractivity contribution < 1.29 is 9.84 Å². The average Bonchev–Trinajstić information content (AvgIpc) is 2.78. The highest BCUT2D eigenvalue weighted by atomic mass is 16.5. The van der Waals surface area contributed by atoms with Gasteiger partial charge in [0.25, 0.3) is 0 Å². The van der Waals surface area contributed by atoms with Crippen molar-refractivity contribution in [3.63, 3.8) is 0 Å². The molecule has 2 atom stereocenters. The summed E-state index contributed by atoms with van der Waals surface area (Å²) in [5.41, 5.74) is -0.414. The summed E-state index contributed by atoms with van der Waals surface area (Å²) in [5, 5.41) is 13.5. The van der Waals surface area contributed by atoms with Crippen LogP contribution in [-0.2, 0) is 4.74 Å². The maximum Gasteiger partial charge on any atom is 0.0771 e. The minimum atomic E-state index is -0.414. The molecule has 2 N–H and O–H groups in total. The van der Waals surface area contributed by atoms with Gasteiger partial charge in [0.05, 0.1) is 11.7 Å². The van der Waals surface area contributed by atoms with Crippen LogP contribution in [0.2, 0.25) is 0 Å². The summed E-state index contributed by atoms with van der Waals surface area (Å²) in [5.74, 6) is 0.634. The highest BCUT2D eigenvalue weighted by Gasteiger charge is 2.31. The van der Waals surface area contributed by atoms with E-state index in [1.54, 1.807) is 0 Å². The number of hydrogen-bond acceptors (Lipinski definition) is 3.